The Balaban J connectivity index is 2.29. The average molecular weight is 276 g/mol. The van der Waals surface area contributed by atoms with Crippen LogP contribution in [-0.2, 0) is 15.2 Å². The minimum atomic E-state index is -4.44. The Bertz CT molecular complexity index is 450. The van der Waals surface area contributed by atoms with Gasteiger partial charge in [-0.2, -0.15) is 8.78 Å². The largest absolute Gasteiger partial charge is 0.542 e. The Morgan fingerprint density at radius 3 is 2.16 bits per heavy atom. The monoisotopic (exact) mass is 276 g/mol. The summed E-state index contributed by atoms with van der Waals surface area (Å²) < 4.78 is 65.3. The smallest absolute Gasteiger partial charge is 0.404 e. The summed E-state index contributed by atoms with van der Waals surface area (Å²) in [6.07, 6.45) is 0. The normalized spacial score (nSPS) is 19.8. The molecule has 7 heteroatoms. The van der Waals surface area contributed by atoms with Crippen LogP contribution >= 0.6 is 0 Å². The van der Waals surface area contributed by atoms with Gasteiger partial charge in [-0.3, -0.25) is 0 Å². The van der Waals surface area contributed by atoms with Crippen LogP contribution in [0.3, 0.4) is 0 Å². The zero-order valence-electron chi connectivity index (χ0n) is 10.5. The fourth-order valence-electron chi connectivity index (χ4n) is 1.80. The molecule has 0 aromatic heterocycles. The molecule has 0 unspecified atom stereocenters. The van der Waals surface area contributed by atoms with E-state index in [-0.39, 0.29) is 6.61 Å². The van der Waals surface area contributed by atoms with Gasteiger partial charge in [0, 0.05) is 5.56 Å². The lowest BCUT2D eigenvalue weighted by Crippen LogP contribution is -2.52. The molecule has 1 aliphatic heterocycles. The van der Waals surface area contributed by atoms with Gasteiger partial charge in [0.2, 0.25) is 0 Å². The maximum absolute atomic E-state index is 13.9. The second-order valence-corrected chi connectivity index (χ2v) is 5.08. The zero-order valence-corrected chi connectivity index (χ0v) is 10.5. The molecule has 2 rings (SSSR count). The van der Waals surface area contributed by atoms with Gasteiger partial charge in [-0.1, -0.05) is 30.3 Å². The molecular formula is C12H13BF4O2. The second-order valence-electron chi connectivity index (χ2n) is 5.08. The van der Waals surface area contributed by atoms with E-state index in [0.29, 0.717) is 0 Å². The van der Waals surface area contributed by atoms with E-state index in [9.17, 15) is 17.6 Å². The van der Waals surface area contributed by atoms with Crippen LogP contribution in [-0.4, -0.2) is 25.1 Å². The lowest BCUT2D eigenvalue weighted by Gasteiger charge is -2.28. The summed E-state index contributed by atoms with van der Waals surface area (Å²) in [6.45, 7) is 2.85. The molecule has 1 heterocycles. The van der Waals surface area contributed by atoms with Crippen LogP contribution in [0.15, 0.2) is 30.3 Å². The van der Waals surface area contributed by atoms with Crippen LogP contribution in [0, 0.1) is 0 Å². The van der Waals surface area contributed by atoms with Crippen LogP contribution in [0.1, 0.15) is 19.4 Å². The van der Waals surface area contributed by atoms with E-state index in [4.69, 9.17) is 4.65 Å². The highest BCUT2D eigenvalue weighted by molar-refractivity contribution is 6.48. The van der Waals surface area contributed by atoms with E-state index in [1.807, 2.05) is 0 Å². The minimum Gasteiger partial charge on any atom is -0.404 e. The van der Waals surface area contributed by atoms with E-state index in [0.717, 1.165) is 12.1 Å². The van der Waals surface area contributed by atoms with Crippen LogP contribution < -0.4 is 0 Å². The number of hydrogen-bond acceptors (Lipinski definition) is 2. The van der Waals surface area contributed by atoms with E-state index in [1.165, 1.54) is 32.0 Å². The van der Waals surface area contributed by atoms with Crippen molar-refractivity contribution in [1.29, 1.82) is 0 Å². The number of alkyl halides is 4. The highest BCUT2D eigenvalue weighted by atomic mass is 19.3. The topological polar surface area (TPSA) is 18.5 Å². The summed E-state index contributed by atoms with van der Waals surface area (Å²) in [6, 6.07) is 5.94. The molecule has 1 aromatic carbocycles. The highest BCUT2D eigenvalue weighted by Gasteiger charge is 2.69. The maximum atomic E-state index is 13.9. The van der Waals surface area contributed by atoms with Crippen molar-refractivity contribution in [1.82, 2.24) is 0 Å². The molecule has 0 bridgehead atoms. The Hall–Kier alpha value is -1.08. The molecule has 1 saturated heterocycles. The standard InChI is InChI=1S/C12H13BF4O2/c1-10(2)8-18-13(19-10)12(16,17)11(14,15)9-6-4-3-5-7-9/h3-7H,8H2,1-2H3. The lowest BCUT2D eigenvalue weighted by atomic mass is 9.74. The molecule has 2 nitrogen and oxygen atoms in total. The number of rotatable bonds is 3. The molecule has 0 N–H and O–H groups in total. The first-order chi connectivity index (χ1) is 8.67. The van der Waals surface area contributed by atoms with E-state index in [1.54, 1.807) is 0 Å². The van der Waals surface area contributed by atoms with Gasteiger partial charge in [0.15, 0.2) is 0 Å². The van der Waals surface area contributed by atoms with Gasteiger partial charge in [0.1, 0.15) is 0 Å². The predicted molar refractivity (Wildman–Crippen MR) is 62.2 cm³/mol. The van der Waals surface area contributed by atoms with E-state index >= 15 is 0 Å². The van der Waals surface area contributed by atoms with Crippen LogP contribution in [0.5, 0.6) is 0 Å². The number of halogens is 4. The Morgan fingerprint density at radius 2 is 1.68 bits per heavy atom. The van der Waals surface area contributed by atoms with Gasteiger partial charge < -0.3 is 9.31 Å². The third-order valence-corrected chi connectivity index (χ3v) is 2.86. The van der Waals surface area contributed by atoms with Crippen LogP contribution in [0.4, 0.5) is 17.6 Å². The maximum Gasteiger partial charge on any atom is 0.542 e. The van der Waals surface area contributed by atoms with Gasteiger partial charge in [-0.25, -0.2) is 8.78 Å². The summed E-state index contributed by atoms with van der Waals surface area (Å²) in [5.41, 5.74) is -1.77. The van der Waals surface area contributed by atoms with Gasteiger partial charge >= 0.3 is 18.9 Å². The molecule has 1 fully saturated rings. The van der Waals surface area contributed by atoms with Crippen molar-refractivity contribution in [2.45, 2.75) is 31.2 Å². The molecule has 1 aliphatic rings. The first-order valence-electron chi connectivity index (χ1n) is 5.77. The summed E-state index contributed by atoms with van der Waals surface area (Å²) in [7, 11) is -2.25. The summed E-state index contributed by atoms with van der Waals surface area (Å²) in [4.78, 5) is 0. The van der Waals surface area contributed by atoms with Gasteiger partial charge in [-0.05, 0) is 13.8 Å². The summed E-state index contributed by atoms with van der Waals surface area (Å²) >= 11 is 0. The van der Waals surface area contributed by atoms with Gasteiger partial charge in [0.05, 0.1) is 12.2 Å². The van der Waals surface area contributed by atoms with Crippen molar-refractivity contribution in [3.63, 3.8) is 0 Å². The third kappa shape index (κ3) is 2.49. The predicted octanol–water partition coefficient (Wildman–Crippen LogP) is 3.27. The lowest BCUT2D eigenvalue weighted by molar-refractivity contribution is -0.181. The van der Waals surface area contributed by atoms with E-state index in [2.05, 4.69) is 4.65 Å². The third-order valence-electron chi connectivity index (χ3n) is 2.86. The molecule has 1 aromatic rings. The van der Waals surface area contributed by atoms with E-state index < -0.39 is 30.0 Å². The molecule has 0 saturated carbocycles. The zero-order chi connectivity index (χ0) is 14.3. The molecule has 0 spiro atoms. The van der Waals surface area contributed by atoms with Crippen molar-refractivity contribution >= 4 is 7.12 Å². The fourth-order valence-corrected chi connectivity index (χ4v) is 1.80. The SMILES string of the molecule is CC1(C)COB(C(F)(F)C(F)(F)c2ccccc2)O1. The van der Waals surface area contributed by atoms with Crippen molar-refractivity contribution in [2.75, 3.05) is 6.61 Å². The minimum absolute atomic E-state index is 0.155. The summed E-state index contributed by atoms with van der Waals surface area (Å²) in [5.74, 6) is -8.80. The van der Waals surface area contributed by atoms with Crippen LogP contribution in [0.25, 0.3) is 0 Å². The van der Waals surface area contributed by atoms with Gasteiger partial charge in [0.25, 0.3) is 0 Å². The molecule has 104 valence electrons. The van der Waals surface area contributed by atoms with Crippen molar-refractivity contribution in [3.05, 3.63) is 35.9 Å². The quantitative estimate of drug-likeness (QED) is 0.623. The molecule has 19 heavy (non-hydrogen) atoms. The molecular weight excluding hydrogens is 263 g/mol. The molecule has 0 radical (unpaired) electrons. The second kappa shape index (κ2) is 4.49. The van der Waals surface area contributed by atoms with Crippen molar-refractivity contribution in [2.24, 2.45) is 0 Å². The highest BCUT2D eigenvalue weighted by Crippen LogP contribution is 2.46. The van der Waals surface area contributed by atoms with Crippen molar-refractivity contribution < 1.29 is 26.9 Å². The number of benzene rings is 1. The fraction of sp³-hybridized carbons (Fsp3) is 0.500. The van der Waals surface area contributed by atoms with Gasteiger partial charge in [-0.15, -0.1) is 0 Å². The average Bonchev–Trinajstić information content (AvgIpc) is 2.71. The Labute approximate surface area is 108 Å². The first kappa shape index (κ1) is 14.3. The number of hydrogen-bond donors (Lipinski definition) is 0. The Kier molecular flexibility index (Phi) is 3.39. The Morgan fingerprint density at radius 1 is 1.11 bits per heavy atom. The molecule has 0 atom stereocenters. The van der Waals surface area contributed by atoms with Crippen molar-refractivity contribution in [3.8, 4) is 0 Å². The molecule has 0 amide bonds. The summed E-state index contributed by atoms with van der Waals surface area (Å²) in [5, 5.41) is 0. The first-order valence-corrected chi connectivity index (χ1v) is 5.77. The van der Waals surface area contributed by atoms with Crippen LogP contribution in [0.2, 0.25) is 0 Å². The molecule has 0 aliphatic carbocycles.